The van der Waals surface area contributed by atoms with Crippen LogP contribution >= 0.6 is 11.3 Å². The summed E-state index contributed by atoms with van der Waals surface area (Å²) in [4.78, 5) is 17.1. The second-order valence-electron chi connectivity index (χ2n) is 5.21. The summed E-state index contributed by atoms with van der Waals surface area (Å²) in [5.41, 5.74) is 0.966. The maximum absolute atomic E-state index is 12.3. The van der Waals surface area contributed by atoms with Gasteiger partial charge in [-0.1, -0.05) is 11.3 Å². The fraction of sp³-hybridized carbons (Fsp3) is 0.375. The molecule has 0 saturated heterocycles. The third-order valence-corrected chi connectivity index (χ3v) is 4.76. The predicted molar refractivity (Wildman–Crippen MR) is 87.0 cm³/mol. The van der Waals surface area contributed by atoms with Crippen molar-refractivity contribution >= 4 is 27.5 Å². The number of aryl methyl sites for hydroxylation is 1. The van der Waals surface area contributed by atoms with Crippen LogP contribution in [0.2, 0.25) is 0 Å². The SMILES string of the molecule is CCn1c(=NC(=O)C2=COCCO2)sc2cc3c(cc21)OCCO3. The molecule has 0 aliphatic carbocycles. The van der Waals surface area contributed by atoms with Crippen molar-refractivity contribution in [1.29, 1.82) is 0 Å². The van der Waals surface area contributed by atoms with Gasteiger partial charge in [0.2, 0.25) is 5.76 Å². The second-order valence-corrected chi connectivity index (χ2v) is 6.22. The molecule has 1 aromatic heterocycles. The number of hydrogen-bond acceptors (Lipinski definition) is 6. The minimum atomic E-state index is -0.444. The van der Waals surface area contributed by atoms with E-state index in [9.17, 15) is 4.79 Å². The molecule has 2 aromatic rings. The molecular formula is C16H16N2O5S. The molecule has 1 aromatic carbocycles. The fourth-order valence-corrected chi connectivity index (χ4v) is 3.72. The Morgan fingerprint density at radius 3 is 2.62 bits per heavy atom. The minimum Gasteiger partial charge on any atom is -0.494 e. The molecule has 0 saturated carbocycles. The first kappa shape index (κ1) is 15.1. The molecule has 2 aliphatic heterocycles. The van der Waals surface area contributed by atoms with Crippen molar-refractivity contribution in [2.45, 2.75) is 13.5 Å². The Labute approximate surface area is 141 Å². The van der Waals surface area contributed by atoms with Gasteiger partial charge < -0.3 is 23.5 Å². The van der Waals surface area contributed by atoms with Crippen LogP contribution in [-0.4, -0.2) is 36.9 Å². The summed E-state index contributed by atoms with van der Waals surface area (Å²) in [6, 6.07) is 3.87. The van der Waals surface area contributed by atoms with E-state index in [0.29, 0.717) is 37.8 Å². The van der Waals surface area contributed by atoms with Gasteiger partial charge in [0.15, 0.2) is 16.3 Å². The van der Waals surface area contributed by atoms with Gasteiger partial charge in [-0.2, -0.15) is 4.99 Å². The number of nitrogens with zero attached hydrogens (tertiary/aromatic N) is 2. The summed E-state index contributed by atoms with van der Waals surface area (Å²) in [6.07, 6.45) is 1.32. The van der Waals surface area contributed by atoms with Crippen molar-refractivity contribution in [3.63, 3.8) is 0 Å². The zero-order chi connectivity index (χ0) is 16.5. The minimum absolute atomic E-state index is 0.132. The number of amides is 1. The lowest BCUT2D eigenvalue weighted by molar-refractivity contribution is -0.119. The zero-order valence-electron chi connectivity index (χ0n) is 13.1. The smallest absolute Gasteiger partial charge is 0.317 e. The molecule has 0 radical (unpaired) electrons. The van der Waals surface area contributed by atoms with E-state index in [1.54, 1.807) is 0 Å². The number of carbonyl (C=O) groups excluding carboxylic acids is 1. The Morgan fingerprint density at radius 1 is 1.17 bits per heavy atom. The molecule has 0 atom stereocenters. The lowest BCUT2D eigenvalue weighted by Crippen LogP contribution is -2.19. The fourth-order valence-electron chi connectivity index (χ4n) is 2.62. The van der Waals surface area contributed by atoms with Crippen molar-refractivity contribution in [3.05, 3.63) is 29.0 Å². The predicted octanol–water partition coefficient (Wildman–Crippen LogP) is 1.81. The van der Waals surface area contributed by atoms with Gasteiger partial charge in [-0.3, -0.25) is 4.79 Å². The van der Waals surface area contributed by atoms with Crippen molar-refractivity contribution < 1.29 is 23.7 Å². The first-order valence-electron chi connectivity index (χ1n) is 7.73. The van der Waals surface area contributed by atoms with E-state index in [2.05, 4.69) is 4.99 Å². The summed E-state index contributed by atoms with van der Waals surface area (Å²) >= 11 is 1.43. The van der Waals surface area contributed by atoms with Gasteiger partial charge in [-0.25, -0.2) is 0 Å². The van der Waals surface area contributed by atoms with Crippen molar-refractivity contribution in [2.24, 2.45) is 4.99 Å². The number of ether oxygens (including phenoxy) is 4. The van der Waals surface area contributed by atoms with Gasteiger partial charge in [-0.15, -0.1) is 0 Å². The number of carbonyl (C=O) groups is 1. The average molecular weight is 348 g/mol. The highest BCUT2D eigenvalue weighted by Gasteiger charge is 2.18. The number of hydrogen-bond donors (Lipinski definition) is 0. The van der Waals surface area contributed by atoms with E-state index < -0.39 is 5.91 Å². The monoisotopic (exact) mass is 348 g/mol. The zero-order valence-corrected chi connectivity index (χ0v) is 13.9. The first-order chi connectivity index (χ1) is 11.8. The Kier molecular flexibility index (Phi) is 3.89. The molecule has 3 heterocycles. The van der Waals surface area contributed by atoms with Crippen LogP contribution in [0.25, 0.3) is 10.2 Å². The number of aromatic nitrogens is 1. The normalized spacial score (nSPS) is 17.2. The topological polar surface area (TPSA) is 71.3 Å². The highest BCUT2D eigenvalue weighted by Crippen LogP contribution is 2.35. The molecule has 7 nitrogen and oxygen atoms in total. The van der Waals surface area contributed by atoms with Crippen LogP contribution in [0.3, 0.4) is 0 Å². The summed E-state index contributed by atoms with van der Waals surface area (Å²) in [5, 5.41) is 0. The maximum Gasteiger partial charge on any atom is 0.317 e. The summed E-state index contributed by atoms with van der Waals surface area (Å²) in [5.74, 6) is 1.13. The molecule has 0 bridgehead atoms. The van der Waals surface area contributed by atoms with Crippen LogP contribution in [0, 0.1) is 0 Å². The van der Waals surface area contributed by atoms with Crippen LogP contribution < -0.4 is 14.3 Å². The molecule has 24 heavy (non-hydrogen) atoms. The highest BCUT2D eigenvalue weighted by atomic mass is 32.1. The largest absolute Gasteiger partial charge is 0.494 e. The van der Waals surface area contributed by atoms with Gasteiger partial charge >= 0.3 is 5.91 Å². The lowest BCUT2D eigenvalue weighted by atomic mass is 10.2. The molecule has 8 heteroatoms. The van der Waals surface area contributed by atoms with Crippen LogP contribution in [0.1, 0.15) is 6.92 Å². The lowest BCUT2D eigenvalue weighted by Gasteiger charge is -2.18. The van der Waals surface area contributed by atoms with Crippen LogP contribution in [-0.2, 0) is 20.8 Å². The second kappa shape index (κ2) is 6.20. The van der Waals surface area contributed by atoms with Gasteiger partial charge in [0.1, 0.15) is 32.7 Å². The molecule has 4 rings (SSSR count). The highest BCUT2D eigenvalue weighted by molar-refractivity contribution is 7.16. The summed E-state index contributed by atoms with van der Waals surface area (Å²) in [6.45, 7) is 4.57. The quantitative estimate of drug-likeness (QED) is 0.828. The first-order valence-corrected chi connectivity index (χ1v) is 8.54. The Bertz CT molecular complexity index is 896. The standard InChI is InChI=1S/C16H16N2O5S/c1-2-18-10-7-11-12(22-6-5-21-11)8-14(10)24-16(18)17-15(19)13-9-20-3-4-23-13/h7-9H,2-6H2,1H3. The van der Waals surface area contributed by atoms with E-state index in [4.69, 9.17) is 18.9 Å². The van der Waals surface area contributed by atoms with Crippen LogP contribution in [0.15, 0.2) is 29.1 Å². The number of fused-ring (bicyclic) bond motifs is 2. The number of benzene rings is 1. The summed E-state index contributed by atoms with van der Waals surface area (Å²) in [7, 11) is 0. The van der Waals surface area contributed by atoms with Crippen molar-refractivity contribution in [2.75, 3.05) is 26.4 Å². The number of rotatable bonds is 2. The third kappa shape index (κ3) is 2.62. The molecule has 126 valence electrons. The molecule has 0 unspecified atom stereocenters. The van der Waals surface area contributed by atoms with E-state index >= 15 is 0 Å². The Balaban J connectivity index is 1.81. The van der Waals surface area contributed by atoms with Crippen molar-refractivity contribution in [1.82, 2.24) is 4.57 Å². The number of thiazole rings is 1. The van der Waals surface area contributed by atoms with Crippen LogP contribution in [0.4, 0.5) is 0 Å². The average Bonchev–Trinajstić information content (AvgIpc) is 2.96. The molecule has 0 spiro atoms. The maximum atomic E-state index is 12.3. The Hall–Kier alpha value is -2.48. The van der Waals surface area contributed by atoms with Gasteiger partial charge in [0.05, 0.1) is 10.2 Å². The Morgan fingerprint density at radius 2 is 1.92 bits per heavy atom. The van der Waals surface area contributed by atoms with Gasteiger partial charge in [0.25, 0.3) is 0 Å². The molecule has 1 amide bonds. The molecule has 0 fully saturated rings. The van der Waals surface area contributed by atoms with E-state index in [-0.39, 0.29) is 5.76 Å². The van der Waals surface area contributed by atoms with E-state index in [0.717, 1.165) is 21.7 Å². The third-order valence-electron chi connectivity index (χ3n) is 3.72. The van der Waals surface area contributed by atoms with Crippen LogP contribution in [0.5, 0.6) is 11.5 Å². The van der Waals surface area contributed by atoms with E-state index in [1.807, 2.05) is 23.6 Å². The molecular weight excluding hydrogens is 332 g/mol. The molecule has 2 aliphatic rings. The molecule has 0 N–H and O–H groups in total. The van der Waals surface area contributed by atoms with Gasteiger partial charge in [-0.05, 0) is 6.92 Å². The van der Waals surface area contributed by atoms with Gasteiger partial charge in [0, 0.05) is 18.7 Å². The van der Waals surface area contributed by atoms with Crippen molar-refractivity contribution in [3.8, 4) is 11.5 Å². The van der Waals surface area contributed by atoms with E-state index in [1.165, 1.54) is 17.6 Å². The summed E-state index contributed by atoms with van der Waals surface area (Å²) < 4.78 is 24.6.